The fraction of sp³-hybridized carbons (Fsp3) is 0.158. The Labute approximate surface area is 160 Å². The van der Waals surface area contributed by atoms with Gasteiger partial charge in [-0.05, 0) is 24.3 Å². The van der Waals surface area contributed by atoms with E-state index >= 15 is 0 Å². The third-order valence-corrected chi connectivity index (χ3v) is 4.94. The van der Waals surface area contributed by atoms with Crippen LogP contribution in [0.2, 0.25) is 0 Å². The van der Waals surface area contributed by atoms with Gasteiger partial charge in [-0.2, -0.15) is 0 Å². The molecule has 0 amide bonds. The Morgan fingerprint density at radius 2 is 2.00 bits per heavy atom. The number of esters is 1. The topological polar surface area (TPSA) is 107 Å². The summed E-state index contributed by atoms with van der Waals surface area (Å²) < 4.78 is 10.0. The molecule has 0 radical (unpaired) electrons. The van der Waals surface area contributed by atoms with Crippen LogP contribution >= 0.6 is 11.3 Å². The molecule has 1 atom stereocenters. The van der Waals surface area contributed by atoms with E-state index < -0.39 is 12.1 Å². The molecule has 0 aliphatic heterocycles. The van der Waals surface area contributed by atoms with Crippen LogP contribution in [-0.4, -0.2) is 30.3 Å². The van der Waals surface area contributed by atoms with Gasteiger partial charge >= 0.3 is 5.97 Å². The van der Waals surface area contributed by atoms with Gasteiger partial charge in [0.1, 0.15) is 17.7 Å². The van der Waals surface area contributed by atoms with Crippen LogP contribution in [0.1, 0.15) is 26.9 Å². The van der Waals surface area contributed by atoms with Crippen molar-refractivity contribution in [2.45, 2.75) is 6.10 Å². The monoisotopic (exact) mass is 385 g/mol. The van der Waals surface area contributed by atoms with Gasteiger partial charge in [-0.25, -0.2) is 9.78 Å². The third-order valence-electron chi connectivity index (χ3n) is 3.90. The number of thiazole rings is 1. The van der Waals surface area contributed by atoms with Gasteiger partial charge in [0.2, 0.25) is 0 Å². The van der Waals surface area contributed by atoms with Crippen molar-refractivity contribution in [3.63, 3.8) is 0 Å². The summed E-state index contributed by atoms with van der Waals surface area (Å²) >= 11 is 1.23. The van der Waals surface area contributed by atoms with Crippen molar-refractivity contribution < 1.29 is 19.4 Å². The van der Waals surface area contributed by atoms with E-state index in [0.717, 1.165) is 0 Å². The van der Waals surface area contributed by atoms with Gasteiger partial charge in [-0.15, -0.1) is 0 Å². The number of aromatic nitrogens is 1. The average Bonchev–Trinajstić information content (AvgIpc) is 3.06. The predicted octanol–water partition coefficient (Wildman–Crippen LogP) is 3.35. The fourth-order valence-electron chi connectivity index (χ4n) is 2.59. The molecule has 0 bridgehead atoms. The van der Waals surface area contributed by atoms with Crippen LogP contribution in [0.4, 0.5) is 16.6 Å². The molecule has 0 spiro atoms. The minimum Gasteiger partial charge on any atom is -0.496 e. The molecule has 4 N–H and O–H groups in total. The standard InChI is InChI=1S/C19H19N3O4S/c1-25-14-9-4-3-8-13(14)15(23)16-17(20)22-19(27-16)21-12-7-5-6-11(10-12)18(24)26-2/h3-10,15,23H,20H2,1-2H3,(H,21,22). The minimum absolute atomic E-state index is 0.227. The van der Waals surface area contributed by atoms with Gasteiger partial charge in [-0.3, -0.25) is 0 Å². The summed E-state index contributed by atoms with van der Waals surface area (Å²) in [4.78, 5) is 16.4. The summed E-state index contributed by atoms with van der Waals surface area (Å²) in [6.45, 7) is 0. The molecular formula is C19H19N3O4S. The highest BCUT2D eigenvalue weighted by Gasteiger charge is 2.21. The molecule has 7 nitrogen and oxygen atoms in total. The smallest absolute Gasteiger partial charge is 0.337 e. The lowest BCUT2D eigenvalue weighted by Gasteiger charge is -2.13. The lowest BCUT2D eigenvalue weighted by Crippen LogP contribution is -2.03. The van der Waals surface area contributed by atoms with E-state index in [2.05, 4.69) is 10.3 Å². The number of carbonyl (C=O) groups is 1. The Kier molecular flexibility index (Phi) is 5.58. The predicted molar refractivity (Wildman–Crippen MR) is 105 cm³/mol. The molecule has 0 saturated heterocycles. The van der Waals surface area contributed by atoms with E-state index in [1.54, 1.807) is 43.5 Å². The third kappa shape index (κ3) is 4.02. The van der Waals surface area contributed by atoms with Crippen LogP contribution in [0.25, 0.3) is 0 Å². The maximum absolute atomic E-state index is 11.7. The Balaban J connectivity index is 1.86. The first-order chi connectivity index (χ1) is 13.0. The minimum atomic E-state index is -0.962. The number of anilines is 3. The van der Waals surface area contributed by atoms with Crippen molar-refractivity contribution in [2.24, 2.45) is 0 Å². The number of nitrogens with one attached hydrogen (secondary N) is 1. The zero-order valence-corrected chi connectivity index (χ0v) is 15.6. The van der Waals surface area contributed by atoms with Crippen LogP contribution in [-0.2, 0) is 4.74 Å². The number of aliphatic hydroxyl groups excluding tert-OH is 1. The van der Waals surface area contributed by atoms with Gasteiger partial charge < -0.3 is 25.6 Å². The molecule has 0 fully saturated rings. The summed E-state index contributed by atoms with van der Waals surface area (Å²) in [5.74, 6) is 0.368. The van der Waals surface area contributed by atoms with E-state index in [1.807, 2.05) is 12.1 Å². The number of nitrogens with zero attached hydrogens (tertiary/aromatic N) is 1. The van der Waals surface area contributed by atoms with E-state index in [1.165, 1.54) is 18.4 Å². The number of aliphatic hydroxyl groups is 1. The molecule has 27 heavy (non-hydrogen) atoms. The second-order valence-corrected chi connectivity index (χ2v) is 6.64. The number of ether oxygens (including phenoxy) is 2. The maximum Gasteiger partial charge on any atom is 0.337 e. The lowest BCUT2D eigenvalue weighted by molar-refractivity contribution is 0.0601. The average molecular weight is 385 g/mol. The summed E-state index contributed by atoms with van der Waals surface area (Å²) in [6, 6.07) is 14.0. The number of hydrogen-bond acceptors (Lipinski definition) is 8. The molecular weight excluding hydrogens is 366 g/mol. The Morgan fingerprint density at radius 1 is 1.22 bits per heavy atom. The van der Waals surface area contributed by atoms with Crippen molar-refractivity contribution in [3.8, 4) is 5.75 Å². The second-order valence-electron chi connectivity index (χ2n) is 5.61. The molecule has 3 rings (SSSR count). The Bertz CT molecular complexity index is 958. The summed E-state index contributed by atoms with van der Waals surface area (Å²) in [5.41, 5.74) is 7.69. The van der Waals surface area contributed by atoms with E-state index in [0.29, 0.717) is 32.6 Å². The van der Waals surface area contributed by atoms with Gasteiger partial charge in [0.05, 0.1) is 24.7 Å². The normalized spacial score (nSPS) is 11.7. The molecule has 1 aromatic heterocycles. The Hall–Kier alpha value is -3.10. The first-order valence-electron chi connectivity index (χ1n) is 8.06. The number of hydrogen-bond donors (Lipinski definition) is 3. The maximum atomic E-state index is 11.7. The summed E-state index contributed by atoms with van der Waals surface area (Å²) in [6.07, 6.45) is -0.962. The zero-order chi connectivity index (χ0) is 19.4. The van der Waals surface area contributed by atoms with Crippen molar-refractivity contribution in [1.82, 2.24) is 4.98 Å². The van der Waals surface area contributed by atoms with Gasteiger partial charge in [-0.1, -0.05) is 35.6 Å². The van der Waals surface area contributed by atoms with Crippen LogP contribution in [0.3, 0.4) is 0 Å². The summed E-state index contributed by atoms with van der Waals surface area (Å²) in [7, 11) is 2.87. The SMILES string of the molecule is COC(=O)c1cccc(Nc2nc(N)c(C(O)c3ccccc3OC)s2)c1. The molecule has 0 aliphatic rings. The van der Waals surface area contributed by atoms with Crippen molar-refractivity contribution >= 4 is 33.9 Å². The first kappa shape index (κ1) is 18.7. The Morgan fingerprint density at radius 3 is 2.74 bits per heavy atom. The molecule has 2 aromatic carbocycles. The lowest BCUT2D eigenvalue weighted by atomic mass is 10.1. The highest BCUT2D eigenvalue weighted by molar-refractivity contribution is 7.16. The summed E-state index contributed by atoms with van der Waals surface area (Å²) in [5, 5.41) is 14.3. The van der Waals surface area contributed by atoms with Crippen molar-refractivity contribution in [1.29, 1.82) is 0 Å². The van der Waals surface area contributed by atoms with Crippen molar-refractivity contribution in [2.75, 3.05) is 25.3 Å². The fourth-order valence-corrected chi connectivity index (χ4v) is 3.50. The number of nitrogens with two attached hydrogens (primary N) is 1. The molecule has 0 saturated carbocycles. The molecule has 1 unspecified atom stereocenters. The highest BCUT2D eigenvalue weighted by Crippen LogP contribution is 2.38. The van der Waals surface area contributed by atoms with Crippen molar-refractivity contribution in [3.05, 3.63) is 64.5 Å². The number of methoxy groups -OCH3 is 2. The van der Waals surface area contributed by atoms with Crippen LogP contribution < -0.4 is 15.8 Å². The van der Waals surface area contributed by atoms with Gasteiger partial charge in [0.25, 0.3) is 0 Å². The number of para-hydroxylation sites is 1. The highest BCUT2D eigenvalue weighted by atomic mass is 32.1. The van der Waals surface area contributed by atoms with E-state index in [9.17, 15) is 9.90 Å². The largest absolute Gasteiger partial charge is 0.496 e. The zero-order valence-electron chi connectivity index (χ0n) is 14.8. The molecule has 8 heteroatoms. The number of carbonyl (C=O) groups excluding carboxylic acids is 1. The molecule has 3 aromatic rings. The van der Waals surface area contributed by atoms with E-state index in [4.69, 9.17) is 15.2 Å². The van der Waals surface area contributed by atoms with Gasteiger partial charge in [0.15, 0.2) is 5.13 Å². The number of benzene rings is 2. The molecule has 140 valence electrons. The van der Waals surface area contributed by atoms with Crippen LogP contribution in [0, 0.1) is 0 Å². The molecule has 1 heterocycles. The van der Waals surface area contributed by atoms with Crippen LogP contribution in [0.15, 0.2) is 48.5 Å². The first-order valence-corrected chi connectivity index (χ1v) is 8.87. The van der Waals surface area contributed by atoms with E-state index in [-0.39, 0.29) is 5.82 Å². The quantitative estimate of drug-likeness (QED) is 0.559. The molecule has 0 aliphatic carbocycles. The van der Waals surface area contributed by atoms with Crippen LogP contribution in [0.5, 0.6) is 5.75 Å². The number of rotatable bonds is 6. The number of nitrogen functional groups attached to an aromatic ring is 1. The van der Waals surface area contributed by atoms with Gasteiger partial charge in [0, 0.05) is 11.3 Å². The second kappa shape index (κ2) is 8.07.